The Hall–Kier alpha value is -0.830. The summed E-state index contributed by atoms with van der Waals surface area (Å²) in [6, 6.07) is 0. The van der Waals surface area contributed by atoms with E-state index < -0.39 is 5.60 Å². The smallest absolute Gasteiger partial charge is 0.226 e. The second-order valence-corrected chi connectivity index (χ2v) is 6.56. The molecule has 18 heavy (non-hydrogen) atoms. The highest BCUT2D eigenvalue weighted by atomic mass is 16.3. The van der Waals surface area contributed by atoms with Gasteiger partial charge in [0.25, 0.3) is 0 Å². The van der Waals surface area contributed by atoms with E-state index in [2.05, 4.69) is 12.2 Å². The molecule has 0 aromatic heterocycles. The molecular formula is C15H23NO2. The Morgan fingerprint density at radius 2 is 2.11 bits per heavy atom. The molecule has 1 heterocycles. The van der Waals surface area contributed by atoms with Crippen molar-refractivity contribution >= 4 is 5.91 Å². The first-order chi connectivity index (χ1) is 8.55. The molecule has 4 unspecified atom stereocenters. The third-order valence-electron chi connectivity index (χ3n) is 4.97. The summed E-state index contributed by atoms with van der Waals surface area (Å²) in [6.07, 6.45) is 9.21. The third kappa shape index (κ3) is 2.20. The predicted molar refractivity (Wildman–Crippen MR) is 69.9 cm³/mol. The lowest BCUT2D eigenvalue weighted by Crippen LogP contribution is -2.39. The minimum atomic E-state index is -0.580. The normalized spacial score (nSPS) is 43.2. The zero-order valence-corrected chi connectivity index (χ0v) is 11.1. The summed E-state index contributed by atoms with van der Waals surface area (Å²) in [4.78, 5) is 14.6. The first-order valence-electron chi connectivity index (χ1n) is 7.25. The van der Waals surface area contributed by atoms with Crippen molar-refractivity contribution in [3.05, 3.63) is 12.2 Å². The summed E-state index contributed by atoms with van der Waals surface area (Å²) >= 11 is 0. The first-order valence-corrected chi connectivity index (χ1v) is 7.25. The van der Waals surface area contributed by atoms with Gasteiger partial charge in [0, 0.05) is 19.0 Å². The minimum Gasteiger partial charge on any atom is -0.390 e. The molecule has 4 atom stereocenters. The molecule has 0 aromatic carbocycles. The van der Waals surface area contributed by atoms with Crippen LogP contribution in [-0.2, 0) is 4.79 Å². The number of likely N-dealkylation sites (tertiary alicyclic amines) is 1. The zero-order valence-electron chi connectivity index (χ0n) is 11.1. The quantitative estimate of drug-likeness (QED) is 0.722. The maximum Gasteiger partial charge on any atom is 0.226 e. The van der Waals surface area contributed by atoms with Gasteiger partial charge in [0.2, 0.25) is 5.91 Å². The van der Waals surface area contributed by atoms with Gasteiger partial charge in [-0.05, 0) is 50.9 Å². The summed E-state index contributed by atoms with van der Waals surface area (Å²) < 4.78 is 0. The number of hydrogen-bond donors (Lipinski definition) is 1. The molecule has 0 aromatic rings. The highest BCUT2D eigenvalue weighted by Crippen LogP contribution is 2.44. The van der Waals surface area contributed by atoms with E-state index >= 15 is 0 Å². The number of amides is 1. The van der Waals surface area contributed by atoms with Crippen molar-refractivity contribution in [2.75, 3.05) is 13.1 Å². The van der Waals surface area contributed by atoms with Crippen LogP contribution < -0.4 is 0 Å². The van der Waals surface area contributed by atoms with Crippen LogP contribution in [0.1, 0.15) is 39.0 Å². The third-order valence-corrected chi connectivity index (χ3v) is 4.97. The lowest BCUT2D eigenvalue weighted by Gasteiger charge is -2.27. The lowest BCUT2D eigenvalue weighted by atomic mass is 9.92. The second-order valence-electron chi connectivity index (χ2n) is 6.56. The van der Waals surface area contributed by atoms with Crippen molar-refractivity contribution < 1.29 is 9.90 Å². The van der Waals surface area contributed by atoms with E-state index in [4.69, 9.17) is 0 Å². The fourth-order valence-corrected chi connectivity index (χ4v) is 3.78. The standard InChI is InChI=1S/C15H23NO2/c1-15(18)5-2-7-16(8-6-15)14(17)13-10-11-3-4-12(13)9-11/h3-4,11-13,18H,2,5-10H2,1H3. The summed E-state index contributed by atoms with van der Waals surface area (Å²) in [5, 5.41) is 10.1. The second kappa shape index (κ2) is 4.37. The summed E-state index contributed by atoms with van der Waals surface area (Å²) in [5.41, 5.74) is -0.580. The fraction of sp³-hybridized carbons (Fsp3) is 0.800. The van der Waals surface area contributed by atoms with E-state index in [9.17, 15) is 9.90 Å². The van der Waals surface area contributed by atoms with Crippen molar-refractivity contribution in [3.8, 4) is 0 Å². The van der Waals surface area contributed by atoms with Gasteiger partial charge in [0.15, 0.2) is 0 Å². The number of carbonyl (C=O) groups is 1. The van der Waals surface area contributed by atoms with E-state index in [1.807, 2.05) is 11.8 Å². The Morgan fingerprint density at radius 1 is 1.28 bits per heavy atom. The molecule has 100 valence electrons. The zero-order chi connectivity index (χ0) is 12.8. The van der Waals surface area contributed by atoms with Crippen molar-refractivity contribution in [3.63, 3.8) is 0 Å². The van der Waals surface area contributed by atoms with Gasteiger partial charge in [-0.1, -0.05) is 12.2 Å². The molecule has 1 saturated heterocycles. The SMILES string of the molecule is CC1(O)CCCN(C(=O)C2CC3C=CC2C3)CC1. The number of carbonyl (C=O) groups excluding carboxylic acids is 1. The molecule has 1 N–H and O–H groups in total. The maximum atomic E-state index is 12.6. The van der Waals surface area contributed by atoms with Crippen molar-refractivity contribution in [1.82, 2.24) is 4.90 Å². The average Bonchev–Trinajstić information content (AvgIpc) is 2.90. The number of rotatable bonds is 1. The van der Waals surface area contributed by atoms with Crippen LogP contribution in [0, 0.1) is 17.8 Å². The van der Waals surface area contributed by atoms with Crippen LogP contribution in [0.3, 0.4) is 0 Å². The Kier molecular flexibility index (Phi) is 2.97. The van der Waals surface area contributed by atoms with E-state index in [0.717, 1.165) is 38.8 Å². The van der Waals surface area contributed by atoms with Crippen LogP contribution >= 0.6 is 0 Å². The molecule has 3 aliphatic rings. The number of allylic oxidation sites excluding steroid dienone is 2. The Bertz CT molecular complexity index is 375. The van der Waals surface area contributed by atoms with Crippen LogP contribution in [0.2, 0.25) is 0 Å². The number of hydrogen-bond acceptors (Lipinski definition) is 2. The molecule has 3 nitrogen and oxygen atoms in total. The molecule has 1 amide bonds. The Labute approximate surface area is 109 Å². The molecule has 1 aliphatic heterocycles. The van der Waals surface area contributed by atoms with E-state index in [1.165, 1.54) is 6.42 Å². The van der Waals surface area contributed by atoms with E-state index in [0.29, 0.717) is 17.7 Å². The van der Waals surface area contributed by atoms with Gasteiger partial charge >= 0.3 is 0 Å². The Morgan fingerprint density at radius 3 is 2.78 bits per heavy atom. The summed E-state index contributed by atoms with van der Waals surface area (Å²) in [5.74, 6) is 1.71. The fourth-order valence-electron chi connectivity index (χ4n) is 3.78. The van der Waals surface area contributed by atoms with Gasteiger partial charge in [0.05, 0.1) is 5.60 Å². The predicted octanol–water partition coefficient (Wildman–Crippen LogP) is 1.96. The van der Waals surface area contributed by atoms with Crippen LogP contribution in [0.15, 0.2) is 12.2 Å². The molecule has 1 saturated carbocycles. The van der Waals surface area contributed by atoms with E-state index in [1.54, 1.807) is 0 Å². The molecule has 2 fully saturated rings. The van der Waals surface area contributed by atoms with Crippen LogP contribution in [0.5, 0.6) is 0 Å². The highest BCUT2D eigenvalue weighted by Gasteiger charge is 2.42. The largest absolute Gasteiger partial charge is 0.390 e. The minimum absolute atomic E-state index is 0.225. The van der Waals surface area contributed by atoms with Gasteiger partial charge in [-0.2, -0.15) is 0 Å². The van der Waals surface area contributed by atoms with Gasteiger partial charge in [0.1, 0.15) is 0 Å². The van der Waals surface area contributed by atoms with Crippen LogP contribution in [-0.4, -0.2) is 34.6 Å². The number of nitrogens with zero attached hydrogens (tertiary/aromatic N) is 1. The Balaban J connectivity index is 1.64. The molecule has 2 aliphatic carbocycles. The van der Waals surface area contributed by atoms with E-state index in [-0.39, 0.29) is 5.92 Å². The monoisotopic (exact) mass is 249 g/mol. The number of fused-ring (bicyclic) bond motifs is 2. The van der Waals surface area contributed by atoms with Crippen LogP contribution in [0.25, 0.3) is 0 Å². The average molecular weight is 249 g/mol. The lowest BCUT2D eigenvalue weighted by molar-refractivity contribution is -0.136. The molecule has 3 heteroatoms. The van der Waals surface area contributed by atoms with Crippen LogP contribution in [0.4, 0.5) is 0 Å². The van der Waals surface area contributed by atoms with Gasteiger partial charge < -0.3 is 10.0 Å². The molecule has 3 rings (SSSR count). The molecular weight excluding hydrogens is 226 g/mol. The number of aliphatic hydroxyl groups is 1. The van der Waals surface area contributed by atoms with Gasteiger partial charge in [-0.25, -0.2) is 0 Å². The molecule has 2 bridgehead atoms. The molecule has 0 radical (unpaired) electrons. The van der Waals surface area contributed by atoms with Gasteiger partial charge in [-0.15, -0.1) is 0 Å². The van der Waals surface area contributed by atoms with Gasteiger partial charge in [-0.3, -0.25) is 4.79 Å². The molecule has 0 spiro atoms. The van der Waals surface area contributed by atoms with Crippen molar-refractivity contribution in [1.29, 1.82) is 0 Å². The maximum absolute atomic E-state index is 12.6. The first kappa shape index (κ1) is 12.2. The summed E-state index contributed by atoms with van der Waals surface area (Å²) in [7, 11) is 0. The topological polar surface area (TPSA) is 40.5 Å². The van der Waals surface area contributed by atoms with Crippen molar-refractivity contribution in [2.24, 2.45) is 17.8 Å². The summed E-state index contributed by atoms with van der Waals surface area (Å²) in [6.45, 7) is 3.44. The van der Waals surface area contributed by atoms with Crippen molar-refractivity contribution in [2.45, 2.75) is 44.6 Å². The highest BCUT2D eigenvalue weighted by molar-refractivity contribution is 5.80.